The zero-order valence-corrected chi connectivity index (χ0v) is 14.4. The monoisotopic (exact) mass is 307 g/mol. The molecule has 5 heteroatoms. The molecule has 1 aliphatic heterocycles. The lowest BCUT2D eigenvalue weighted by Gasteiger charge is -2.23. The second-order valence-corrected chi connectivity index (χ2v) is 7.03. The van der Waals surface area contributed by atoms with Gasteiger partial charge in [-0.3, -0.25) is 4.79 Å². The number of amides is 1. The maximum absolute atomic E-state index is 12.6. The summed E-state index contributed by atoms with van der Waals surface area (Å²) in [7, 11) is 8.19. The van der Waals surface area contributed by atoms with E-state index in [9.17, 15) is 4.79 Å². The summed E-state index contributed by atoms with van der Waals surface area (Å²) in [4.78, 5) is 18.9. The van der Waals surface area contributed by atoms with E-state index in [1.807, 2.05) is 59.9 Å². The van der Waals surface area contributed by atoms with Crippen molar-refractivity contribution in [3.8, 4) is 0 Å². The molecule has 1 heterocycles. The maximum atomic E-state index is 12.6. The van der Waals surface area contributed by atoms with Crippen molar-refractivity contribution >= 4 is 23.4 Å². The SMILES string of the molecule is CS[C@H]1CN(C(=O)c2ccc(N(C)C)cc2)C[C@@H]1N(C)C. The minimum Gasteiger partial charge on any atom is -0.378 e. The van der Waals surface area contributed by atoms with Crippen molar-refractivity contribution in [3.05, 3.63) is 29.8 Å². The molecule has 0 aromatic heterocycles. The Hall–Kier alpha value is -1.20. The zero-order chi connectivity index (χ0) is 15.6. The van der Waals surface area contributed by atoms with Gasteiger partial charge >= 0.3 is 0 Å². The van der Waals surface area contributed by atoms with Gasteiger partial charge in [0.25, 0.3) is 5.91 Å². The highest BCUT2D eigenvalue weighted by Gasteiger charge is 2.36. The van der Waals surface area contributed by atoms with Crippen LogP contribution in [0.3, 0.4) is 0 Å². The first-order valence-electron chi connectivity index (χ1n) is 7.20. The highest BCUT2D eigenvalue weighted by atomic mass is 32.2. The van der Waals surface area contributed by atoms with Crippen LogP contribution in [-0.2, 0) is 0 Å². The van der Waals surface area contributed by atoms with Gasteiger partial charge in [-0.25, -0.2) is 0 Å². The van der Waals surface area contributed by atoms with E-state index in [1.165, 1.54) is 0 Å². The first-order valence-corrected chi connectivity index (χ1v) is 8.48. The fourth-order valence-corrected chi connectivity index (χ4v) is 3.71. The van der Waals surface area contributed by atoms with Gasteiger partial charge in [0.2, 0.25) is 0 Å². The number of rotatable bonds is 4. The minimum atomic E-state index is 0.142. The molecule has 1 aromatic carbocycles. The summed E-state index contributed by atoms with van der Waals surface area (Å²) < 4.78 is 0. The van der Waals surface area contributed by atoms with Crippen LogP contribution in [0, 0.1) is 0 Å². The van der Waals surface area contributed by atoms with Gasteiger partial charge in [-0.15, -0.1) is 0 Å². The van der Waals surface area contributed by atoms with E-state index in [1.54, 1.807) is 0 Å². The van der Waals surface area contributed by atoms with Crippen LogP contribution in [0.2, 0.25) is 0 Å². The second-order valence-electron chi connectivity index (χ2n) is 5.96. The highest BCUT2D eigenvalue weighted by Crippen LogP contribution is 2.25. The molecule has 1 amide bonds. The van der Waals surface area contributed by atoms with Gasteiger partial charge in [0, 0.05) is 49.7 Å². The number of benzene rings is 1. The van der Waals surface area contributed by atoms with Crippen LogP contribution in [0.4, 0.5) is 5.69 Å². The average molecular weight is 307 g/mol. The summed E-state index contributed by atoms with van der Waals surface area (Å²) in [6.45, 7) is 1.64. The summed E-state index contributed by atoms with van der Waals surface area (Å²) in [5.74, 6) is 0.142. The number of carbonyl (C=O) groups excluding carboxylic acids is 1. The summed E-state index contributed by atoms with van der Waals surface area (Å²) in [5, 5.41) is 0.491. The zero-order valence-electron chi connectivity index (χ0n) is 13.5. The molecule has 1 saturated heterocycles. The van der Waals surface area contributed by atoms with Crippen molar-refractivity contribution in [1.29, 1.82) is 0 Å². The number of likely N-dealkylation sites (N-methyl/N-ethyl adjacent to an activating group) is 1. The third-order valence-corrected chi connectivity index (χ3v) is 5.19. The molecule has 1 fully saturated rings. The van der Waals surface area contributed by atoms with Crippen molar-refractivity contribution < 1.29 is 4.79 Å². The topological polar surface area (TPSA) is 26.8 Å². The Kier molecular flexibility index (Phi) is 5.17. The summed E-state index contributed by atoms with van der Waals surface area (Å²) >= 11 is 1.85. The van der Waals surface area contributed by atoms with E-state index >= 15 is 0 Å². The third kappa shape index (κ3) is 3.52. The molecule has 0 saturated carbocycles. The van der Waals surface area contributed by atoms with Gasteiger partial charge in [-0.05, 0) is 44.6 Å². The van der Waals surface area contributed by atoms with Crippen molar-refractivity contribution in [2.45, 2.75) is 11.3 Å². The summed E-state index contributed by atoms with van der Waals surface area (Å²) in [6, 6.07) is 8.28. The van der Waals surface area contributed by atoms with Crippen molar-refractivity contribution in [1.82, 2.24) is 9.80 Å². The standard InChI is InChI=1S/C16H25N3OS/c1-17(2)13-8-6-12(7-9-13)16(20)19-10-14(18(3)4)15(11-19)21-5/h6-9,14-15H,10-11H2,1-5H3/t14-,15-/m0/s1. The van der Waals surface area contributed by atoms with E-state index in [2.05, 4.69) is 25.3 Å². The Balaban J connectivity index is 2.10. The predicted octanol–water partition coefficient (Wildman–Crippen LogP) is 1.87. The molecule has 4 nitrogen and oxygen atoms in total. The Morgan fingerprint density at radius 3 is 2.19 bits per heavy atom. The van der Waals surface area contributed by atoms with Crippen LogP contribution in [0.1, 0.15) is 10.4 Å². The van der Waals surface area contributed by atoms with E-state index in [0.717, 1.165) is 24.3 Å². The Morgan fingerprint density at radius 1 is 1.14 bits per heavy atom. The van der Waals surface area contributed by atoms with E-state index in [-0.39, 0.29) is 5.91 Å². The molecular weight excluding hydrogens is 282 g/mol. The van der Waals surface area contributed by atoms with Gasteiger partial charge in [0.1, 0.15) is 0 Å². The van der Waals surface area contributed by atoms with Gasteiger partial charge in [0.05, 0.1) is 0 Å². The molecule has 0 aliphatic carbocycles. The quantitative estimate of drug-likeness (QED) is 0.848. The van der Waals surface area contributed by atoms with E-state index in [0.29, 0.717) is 11.3 Å². The molecule has 2 rings (SSSR count). The maximum Gasteiger partial charge on any atom is 0.253 e. The van der Waals surface area contributed by atoms with Crippen LogP contribution < -0.4 is 4.90 Å². The van der Waals surface area contributed by atoms with Gasteiger partial charge in [-0.1, -0.05) is 0 Å². The number of carbonyl (C=O) groups is 1. The lowest BCUT2D eigenvalue weighted by atomic mass is 10.2. The fraction of sp³-hybridized carbons (Fsp3) is 0.562. The van der Waals surface area contributed by atoms with Crippen LogP contribution in [0.15, 0.2) is 24.3 Å². The smallest absolute Gasteiger partial charge is 0.253 e. The van der Waals surface area contributed by atoms with Crippen molar-refractivity contribution in [3.63, 3.8) is 0 Å². The summed E-state index contributed by atoms with van der Waals surface area (Å²) in [5.41, 5.74) is 1.89. The fourth-order valence-electron chi connectivity index (χ4n) is 2.73. The van der Waals surface area contributed by atoms with Crippen LogP contribution in [0.25, 0.3) is 0 Å². The van der Waals surface area contributed by atoms with E-state index in [4.69, 9.17) is 0 Å². The average Bonchev–Trinajstić information content (AvgIpc) is 2.91. The minimum absolute atomic E-state index is 0.142. The first kappa shape index (κ1) is 16.2. The van der Waals surface area contributed by atoms with Gasteiger partial charge in [0.15, 0.2) is 0 Å². The van der Waals surface area contributed by atoms with Crippen LogP contribution in [-0.4, -0.2) is 74.5 Å². The normalized spacial score (nSPS) is 21.9. The molecule has 1 aliphatic rings. The molecule has 116 valence electrons. The highest BCUT2D eigenvalue weighted by molar-refractivity contribution is 7.99. The Labute approximate surface area is 132 Å². The van der Waals surface area contributed by atoms with E-state index < -0.39 is 0 Å². The number of likely N-dealkylation sites (tertiary alicyclic amines) is 1. The number of hydrogen-bond acceptors (Lipinski definition) is 4. The van der Waals surface area contributed by atoms with Gasteiger partial charge < -0.3 is 14.7 Å². The lowest BCUT2D eigenvalue weighted by molar-refractivity contribution is 0.0783. The molecule has 1 aromatic rings. The van der Waals surface area contributed by atoms with Crippen LogP contribution >= 0.6 is 11.8 Å². The Bertz CT molecular complexity index is 487. The largest absolute Gasteiger partial charge is 0.378 e. The summed E-state index contributed by atoms with van der Waals surface area (Å²) in [6.07, 6.45) is 2.13. The number of thioether (sulfide) groups is 1. The molecular formula is C16H25N3OS. The molecule has 0 bridgehead atoms. The van der Waals surface area contributed by atoms with Crippen molar-refractivity contribution in [2.75, 3.05) is 52.4 Å². The number of anilines is 1. The van der Waals surface area contributed by atoms with Crippen LogP contribution in [0.5, 0.6) is 0 Å². The predicted molar refractivity (Wildman–Crippen MR) is 91.5 cm³/mol. The second kappa shape index (κ2) is 6.71. The van der Waals surface area contributed by atoms with Gasteiger partial charge in [-0.2, -0.15) is 11.8 Å². The molecule has 0 unspecified atom stereocenters. The molecule has 2 atom stereocenters. The molecule has 21 heavy (non-hydrogen) atoms. The Morgan fingerprint density at radius 2 is 1.76 bits per heavy atom. The third-order valence-electron chi connectivity index (χ3n) is 4.12. The number of nitrogens with zero attached hydrogens (tertiary/aromatic N) is 3. The van der Waals surface area contributed by atoms with Crippen molar-refractivity contribution in [2.24, 2.45) is 0 Å². The number of hydrogen-bond donors (Lipinski definition) is 0. The molecule has 0 spiro atoms. The lowest BCUT2D eigenvalue weighted by Crippen LogP contribution is -2.37. The molecule has 0 N–H and O–H groups in total. The molecule has 0 radical (unpaired) electrons. The first-order chi connectivity index (χ1) is 9.93.